The molecule has 3 rings (SSSR count). The molecule has 0 unspecified atom stereocenters. The van der Waals surface area contributed by atoms with Gasteiger partial charge < -0.3 is 9.88 Å². The van der Waals surface area contributed by atoms with Crippen molar-refractivity contribution in [3.05, 3.63) is 71.4 Å². The third-order valence-electron chi connectivity index (χ3n) is 4.04. The molecule has 0 bridgehead atoms. The molecule has 3 heteroatoms. The zero-order chi connectivity index (χ0) is 15.5. The molecule has 0 fully saturated rings. The third-order valence-corrected chi connectivity index (χ3v) is 4.04. The van der Waals surface area contributed by atoms with E-state index in [9.17, 15) is 4.79 Å². The maximum atomic E-state index is 12.7. The molecule has 0 spiro atoms. The van der Waals surface area contributed by atoms with Crippen molar-refractivity contribution in [2.75, 3.05) is 6.54 Å². The quantitative estimate of drug-likeness (QED) is 0.771. The monoisotopic (exact) mass is 292 g/mol. The van der Waals surface area contributed by atoms with Crippen LogP contribution >= 0.6 is 0 Å². The Morgan fingerprint density at radius 3 is 2.73 bits per heavy atom. The minimum absolute atomic E-state index is 0.0924. The number of aryl methyl sites for hydroxylation is 1. The first-order valence-electron chi connectivity index (χ1n) is 7.60. The van der Waals surface area contributed by atoms with E-state index in [1.165, 1.54) is 5.39 Å². The molecule has 0 radical (unpaired) electrons. The topological polar surface area (TPSA) is 36.1 Å². The van der Waals surface area contributed by atoms with Crippen LogP contribution in [-0.2, 0) is 6.54 Å². The van der Waals surface area contributed by atoms with Crippen molar-refractivity contribution in [3.8, 4) is 0 Å². The Morgan fingerprint density at radius 1 is 1.14 bits per heavy atom. The summed E-state index contributed by atoms with van der Waals surface area (Å²) >= 11 is 0. The normalized spacial score (nSPS) is 10.8. The fourth-order valence-corrected chi connectivity index (χ4v) is 2.73. The van der Waals surface area contributed by atoms with Gasteiger partial charge in [-0.15, -0.1) is 0 Å². The van der Waals surface area contributed by atoms with Crippen molar-refractivity contribution in [3.63, 3.8) is 0 Å². The molecule has 1 amide bonds. The molecule has 0 aliphatic heterocycles. The Labute approximate surface area is 130 Å². The Hall–Kier alpha value is -2.55. The molecule has 0 aliphatic carbocycles. The van der Waals surface area contributed by atoms with Gasteiger partial charge >= 0.3 is 0 Å². The summed E-state index contributed by atoms with van der Waals surface area (Å²) < 4.78 is 0. The molecule has 0 aliphatic rings. The molecule has 0 saturated heterocycles. The average Bonchev–Trinajstić information content (AvgIpc) is 3.00. The second-order valence-electron chi connectivity index (χ2n) is 5.53. The van der Waals surface area contributed by atoms with Crippen LogP contribution in [0, 0.1) is 6.92 Å². The third kappa shape index (κ3) is 2.75. The second kappa shape index (κ2) is 6.06. The van der Waals surface area contributed by atoms with Gasteiger partial charge in [-0.1, -0.05) is 24.3 Å². The summed E-state index contributed by atoms with van der Waals surface area (Å²) in [5.74, 6) is 0.0924. The van der Waals surface area contributed by atoms with Gasteiger partial charge in [0.25, 0.3) is 5.91 Å². The van der Waals surface area contributed by atoms with Crippen LogP contribution in [0.5, 0.6) is 0 Å². The molecular formula is C19H20N2O. The van der Waals surface area contributed by atoms with Gasteiger partial charge in [0.15, 0.2) is 0 Å². The predicted octanol–water partition coefficient (Wildman–Crippen LogP) is 4.14. The van der Waals surface area contributed by atoms with E-state index in [1.807, 2.05) is 49.2 Å². The van der Waals surface area contributed by atoms with Gasteiger partial charge in [0.05, 0.1) is 0 Å². The van der Waals surface area contributed by atoms with Crippen LogP contribution in [-0.4, -0.2) is 22.3 Å². The fourth-order valence-electron chi connectivity index (χ4n) is 2.73. The zero-order valence-electron chi connectivity index (χ0n) is 13.0. The average molecular weight is 292 g/mol. The lowest BCUT2D eigenvalue weighted by Gasteiger charge is -2.22. The van der Waals surface area contributed by atoms with Crippen molar-refractivity contribution in [1.82, 2.24) is 9.88 Å². The Balaban J connectivity index is 1.84. The number of carbonyl (C=O) groups is 1. The molecule has 1 aromatic heterocycles. The van der Waals surface area contributed by atoms with E-state index < -0.39 is 0 Å². The van der Waals surface area contributed by atoms with E-state index in [1.54, 1.807) is 0 Å². The van der Waals surface area contributed by atoms with Crippen molar-refractivity contribution in [1.29, 1.82) is 0 Å². The van der Waals surface area contributed by atoms with Crippen LogP contribution in [0.4, 0.5) is 0 Å². The predicted molar refractivity (Wildman–Crippen MR) is 89.9 cm³/mol. The number of aromatic amines is 1. The standard InChI is InChI=1S/C19H20N2O/c1-3-21(19(22)17-7-5-4-6-14(17)2)13-15-8-9-18-16(12-15)10-11-20-18/h4-12,20H,3,13H2,1-2H3. The molecular weight excluding hydrogens is 272 g/mol. The van der Waals surface area contributed by atoms with Crippen molar-refractivity contribution >= 4 is 16.8 Å². The number of benzene rings is 2. The van der Waals surface area contributed by atoms with Crippen LogP contribution in [0.1, 0.15) is 28.4 Å². The molecule has 3 aromatic rings. The molecule has 0 atom stereocenters. The van der Waals surface area contributed by atoms with Crippen LogP contribution in [0.15, 0.2) is 54.7 Å². The minimum Gasteiger partial charge on any atom is -0.361 e. The van der Waals surface area contributed by atoms with Crippen molar-refractivity contribution < 1.29 is 4.79 Å². The summed E-state index contributed by atoms with van der Waals surface area (Å²) in [7, 11) is 0. The zero-order valence-corrected chi connectivity index (χ0v) is 13.0. The van der Waals surface area contributed by atoms with E-state index >= 15 is 0 Å². The smallest absolute Gasteiger partial charge is 0.254 e. The Morgan fingerprint density at radius 2 is 1.95 bits per heavy atom. The van der Waals surface area contributed by atoms with E-state index in [-0.39, 0.29) is 5.91 Å². The lowest BCUT2D eigenvalue weighted by Crippen LogP contribution is -2.30. The summed E-state index contributed by atoms with van der Waals surface area (Å²) in [5.41, 5.74) is 4.08. The van der Waals surface area contributed by atoms with Gasteiger partial charge in [0, 0.05) is 30.4 Å². The van der Waals surface area contributed by atoms with Crippen molar-refractivity contribution in [2.24, 2.45) is 0 Å². The lowest BCUT2D eigenvalue weighted by atomic mass is 10.1. The summed E-state index contributed by atoms with van der Waals surface area (Å²) in [5, 5.41) is 1.18. The van der Waals surface area contributed by atoms with Crippen LogP contribution in [0.2, 0.25) is 0 Å². The van der Waals surface area contributed by atoms with Gasteiger partial charge in [-0.2, -0.15) is 0 Å². The highest BCUT2D eigenvalue weighted by Crippen LogP contribution is 2.17. The highest BCUT2D eigenvalue weighted by molar-refractivity contribution is 5.95. The molecule has 1 N–H and O–H groups in total. The number of rotatable bonds is 4. The molecule has 0 saturated carbocycles. The summed E-state index contributed by atoms with van der Waals surface area (Å²) in [6.45, 7) is 5.32. The van der Waals surface area contributed by atoms with Crippen LogP contribution in [0.25, 0.3) is 10.9 Å². The van der Waals surface area contributed by atoms with Gasteiger partial charge in [-0.05, 0) is 54.6 Å². The Bertz CT molecular complexity index is 804. The Kier molecular flexibility index (Phi) is 3.96. The molecule has 1 heterocycles. The fraction of sp³-hybridized carbons (Fsp3) is 0.211. The highest BCUT2D eigenvalue weighted by Gasteiger charge is 2.16. The van der Waals surface area contributed by atoms with E-state index in [4.69, 9.17) is 0 Å². The number of aromatic nitrogens is 1. The van der Waals surface area contributed by atoms with Crippen LogP contribution in [0.3, 0.4) is 0 Å². The van der Waals surface area contributed by atoms with Gasteiger partial charge in [0.1, 0.15) is 0 Å². The molecule has 22 heavy (non-hydrogen) atoms. The molecule has 2 aromatic carbocycles. The lowest BCUT2D eigenvalue weighted by molar-refractivity contribution is 0.0752. The second-order valence-corrected chi connectivity index (χ2v) is 5.53. The highest BCUT2D eigenvalue weighted by atomic mass is 16.2. The maximum absolute atomic E-state index is 12.7. The van der Waals surface area contributed by atoms with E-state index in [2.05, 4.69) is 29.2 Å². The van der Waals surface area contributed by atoms with Crippen molar-refractivity contribution in [2.45, 2.75) is 20.4 Å². The first-order chi connectivity index (χ1) is 10.7. The number of fused-ring (bicyclic) bond motifs is 1. The number of nitrogens with zero attached hydrogens (tertiary/aromatic N) is 1. The number of amides is 1. The molecule has 3 nitrogen and oxygen atoms in total. The van der Waals surface area contributed by atoms with Gasteiger partial charge in [-0.3, -0.25) is 4.79 Å². The number of H-pyrrole nitrogens is 1. The van der Waals surface area contributed by atoms with E-state index in [0.717, 1.165) is 22.2 Å². The van der Waals surface area contributed by atoms with E-state index in [0.29, 0.717) is 13.1 Å². The summed E-state index contributed by atoms with van der Waals surface area (Å²) in [6, 6.07) is 16.1. The van der Waals surface area contributed by atoms with Gasteiger partial charge in [0.2, 0.25) is 0 Å². The first-order valence-corrected chi connectivity index (χ1v) is 7.60. The number of carbonyl (C=O) groups excluding carboxylic acids is 1. The minimum atomic E-state index is 0.0924. The first kappa shape index (κ1) is 14.4. The number of hydrogen-bond donors (Lipinski definition) is 1. The number of hydrogen-bond acceptors (Lipinski definition) is 1. The maximum Gasteiger partial charge on any atom is 0.254 e. The van der Waals surface area contributed by atoms with Gasteiger partial charge in [-0.25, -0.2) is 0 Å². The molecule has 112 valence electrons. The largest absolute Gasteiger partial charge is 0.361 e. The SMILES string of the molecule is CCN(Cc1ccc2[nH]ccc2c1)C(=O)c1ccccc1C. The summed E-state index contributed by atoms with van der Waals surface area (Å²) in [4.78, 5) is 17.8. The summed E-state index contributed by atoms with van der Waals surface area (Å²) in [6.07, 6.45) is 1.94. The van der Waals surface area contributed by atoms with Crippen LogP contribution < -0.4 is 0 Å². The number of nitrogens with one attached hydrogen (secondary N) is 1.